The average Bonchev–Trinajstić information content (AvgIpc) is 2.69. The van der Waals surface area contributed by atoms with Gasteiger partial charge in [-0.3, -0.25) is 0 Å². The molecule has 3 heteroatoms. The van der Waals surface area contributed by atoms with Gasteiger partial charge in [-0.15, -0.1) is 0 Å². The maximum Gasteiger partial charge on any atom is 0.308 e. The third-order valence-corrected chi connectivity index (χ3v) is 2.97. The minimum absolute atomic E-state index is 0.0101. The predicted molar refractivity (Wildman–Crippen MR) is 67.5 cm³/mol. The molecule has 0 aliphatic heterocycles. The van der Waals surface area contributed by atoms with Gasteiger partial charge in [-0.1, -0.05) is 36.4 Å². The number of para-hydroxylation sites is 2. The molecule has 1 aromatic heterocycles. The van der Waals surface area contributed by atoms with Crippen LogP contribution in [0.15, 0.2) is 40.8 Å². The van der Waals surface area contributed by atoms with Crippen LogP contribution in [0, 0.1) is 6.92 Å². The van der Waals surface area contributed by atoms with Crippen molar-refractivity contribution >= 4 is 34.9 Å². The fraction of sp³-hybridized carbons (Fsp3) is 0.0769. The van der Waals surface area contributed by atoms with E-state index in [0.717, 1.165) is 33.0 Å². The van der Waals surface area contributed by atoms with Gasteiger partial charge in [0.05, 0.1) is 0 Å². The summed E-state index contributed by atoms with van der Waals surface area (Å²) in [5, 5.41) is 11.5. The van der Waals surface area contributed by atoms with Gasteiger partial charge in [-0.2, -0.15) is 0 Å². The van der Waals surface area contributed by atoms with E-state index in [2.05, 4.69) is 6.07 Å². The molecule has 3 rings (SSSR count). The van der Waals surface area contributed by atoms with E-state index in [1.54, 1.807) is 0 Å². The lowest BCUT2D eigenvalue weighted by Crippen LogP contribution is -2.12. The molecular weight excluding hydrogens is 199 g/mol. The van der Waals surface area contributed by atoms with Crippen molar-refractivity contribution in [3.8, 4) is 0 Å². The Morgan fingerprint density at radius 3 is 2.44 bits per heavy atom. The van der Waals surface area contributed by atoms with Gasteiger partial charge in [0.15, 0.2) is 0 Å². The third-order valence-electron chi connectivity index (χ3n) is 2.97. The van der Waals surface area contributed by atoms with Crippen LogP contribution in [0.3, 0.4) is 0 Å². The smallest absolute Gasteiger partial charge is 0.308 e. The molecule has 0 aliphatic rings. The number of hydrogen-bond acceptors (Lipinski definition) is 2. The molecule has 0 atom stereocenters. The fourth-order valence-electron chi connectivity index (χ4n) is 2.14. The molecule has 0 unspecified atom stereocenters. The van der Waals surface area contributed by atoms with E-state index in [0.29, 0.717) is 0 Å². The maximum atomic E-state index is 9.27. The summed E-state index contributed by atoms with van der Waals surface area (Å²) in [5.41, 5.74) is 3.68. The van der Waals surface area contributed by atoms with Gasteiger partial charge < -0.3 is 9.44 Å². The topological polar surface area (TPSA) is 33.4 Å². The number of hydrogen-bond donors (Lipinski definition) is 1. The number of benzene rings is 2. The molecule has 0 aliphatic carbocycles. The Bertz CT molecular complexity index is 670. The van der Waals surface area contributed by atoms with Crippen LogP contribution in [-0.2, 0) is 0 Å². The van der Waals surface area contributed by atoms with Gasteiger partial charge >= 0.3 is 7.48 Å². The Balaban J connectivity index is 2.55. The van der Waals surface area contributed by atoms with Crippen molar-refractivity contribution in [3.05, 3.63) is 42.0 Å². The van der Waals surface area contributed by atoms with Crippen LogP contribution >= 0.6 is 0 Å². The summed E-state index contributed by atoms with van der Waals surface area (Å²) < 4.78 is 5.85. The van der Waals surface area contributed by atoms with E-state index in [1.165, 1.54) is 0 Å². The van der Waals surface area contributed by atoms with E-state index < -0.39 is 0 Å². The van der Waals surface area contributed by atoms with Crippen molar-refractivity contribution in [3.63, 3.8) is 0 Å². The molecule has 0 radical (unpaired) electrons. The van der Waals surface area contributed by atoms with E-state index in [-0.39, 0.29) is 7.48 Å². The van der Waals surface area contributed by atoms with Gasteiger partial charge in [-0.25, -0.2) is 0 Å². The highest BCUT2D eigenvalue weighted by molar-refractivity contribution is 6.50. The maximum absolute atomic E-state index is 9.27. The molecule has 0 amide bonds. The Hall–Kier alpha value is -1.74. The van der Waals surface area contributed by atoms with Crippen molar-refractivity contribution in [2.75, 3.05) is 0 Å². The number of furan rings is 1. The van der Waals surface area contributed by atoms with Crippen LogP contribution in [0.2, 0.25) is 0 Å². The lowest BCUT2D eigenvalue weighted by atomic mass is 9.87. The number of rotatable bonds is 1. The summed E-state index contributed by atoms with van der Waals surface area (Å²) in [6.07, 6.45) is 0. The lowest BCUT2D eigenvalue weighted by molar-refractivity contribution is 0.613. The molecule has 0 bridgehead atoms. The summed E-state index contributed by atoms with van der Waals surface area (Å²) in [5.74, 6) is 0. The Labute approximate surface area is 93.8 Å². The quantitative estimate of drug-likeness (QED) is 0.622. The minimum atomic E-state index is 0.0101. The first-order valence-electron chi connectivity index (χ1n) is 5.32. The SMILES string of the molecule is Cc1cccc2c1oc1c(BO)cccc12. The van der Waals surface area contributed by atoms with Gasteiger partial charge in [0.25, 0.3) is 0 Å². The Morgan fingerprint density at radius 1 is 1.00 bits per heavy atom. The summed E-state index contributed by atoms with van der Waals surface area (Å²) >= 11 is 0. The van der Waals surface area contributed by atoms with Crippen molar-refractivity contribution in [1.82, 2.24) is 0 Å². The van der Waals surface area contributed by atoms with Crippen LogP contribution in [0.5, 0.6) is 0 Å². The van der Waals surface area contributed by atoms with E-state index in [9.17, 15) is 5.02 Å². The zero-order chi connectivity index (χ0) is 11.1. The molecule has 0 fully saturated rings. The lowest BCUT2D eigenvalue weighted by Gasteiger charge is -1.94. The van der Waals surface area contributed by atoms with Crippen LogP contribution in [0.1, 0.15) is 5.56 Å². The molecule has 2 aromatic carbocycles. The molecule has 0 saturated heterocycles. The molecule has 78 valence electrons. The van der Waals surface area contributed by atoms with E-state index >= 15 is 0 Å². The zero-order valence-corrected chi connectivity index (χ0v) is 9.03. The fourth-order valence-corrected chi connectivity index (χ4v) is 2.14. The highest BCUT2D eigenvalue weighted by atomic mass is 16.3. The van der Waals surface area contributed by atoms with Crippen molar-refractivity contribution in [2.24, 2.45) is 0 Å². The largest absolute Gasteiger partial charge is 0.456 e. The summed E-state index contributed by atoms with van der Waals surface area (Å²) in [6, 6.07) is 12.0. The van der Waals surface area contributed by atoms with Gasteiger partial charge in [0.2, 0.25) is 0 Å². The first-order valence-corrected chi connectivity index (χ1v) is 5.32. The molecule has 0 saturated carbocycles. The molecule has 3 aromatic rings. The number of aryl methyl sites for hydroxylation is 1. The highest BCUT2D eigenvalue weighted by Crippen LogP contribution is 2.29. The van der Waals surface area contributed by atoms with E-state index in [4.69, 9.17) is 4.42 Å². The molecule has 1 N–H and O–H groups in total. The third kappa shape index (κ3) is 1.18. The highest BCUT2D eigenvalue weighted by Gasteiger charge is 2.11. The van der Waals surface area contributed by atoms with Crippen molar-refractivity contribution < 1.29 is 9.44 Å². The normalized spacial score (nSPS) is 11.1. The first-order chi connectivity index (χ1) is 7.81. The zero-order valence-electron chi connectivity index (χ0n) is 9.03. The average molecular weight is 210 g/mol. The molecule has 0 spiro atoms. The second-order valence-electron chi connectivity index (χ2n) is 4.01. The van der Waals surface area contributed by atoms with Crippen LogP contribution < -0.4 is 5.46 Å². The van der Waals surface area contributed by atoms with Crippen molar-refractivity contribution in [2.45, 2.75) is 6.92 Å². The summed E-state index contributed by atoms with van der Waals surface area (Å²) in [7, 11) is 0.0101. The van der Waals surface area contributed by atoms with Gasteiger partial charge in [-0.05, 0) is 17.9 Å². The van der Waals surface area contributed by atoms with Crippen LogP contribution in [0.25, 0.3) is 21.9 Å². The summed E-state index contributed by atoms with van der Waals surface area (Å²) in [6.45, 7) is 2.03. The summed E-state index contributed by atoms with van der Waals surface area (Å²) in [4.78, 5) is 0. The first kappa shape index (κ1) is 9.49. The number of fused-ring (bicyclic) bond motifs is 3. The standard InChI is InChI=1S/C13H11BO2/c1-8-4-2-5-9-10-6-3-7-11(14-15)13(10)16-12(8)9/h2-7,14-15H,1H3. The predicted octanol–water partition coefficient (Wildman–Crippen LogP) is 1.86. The Kier molecular flexibility index (Phi) is 2.01. The molecule has 2 nitrogen and oxygen atoms in total. The van der Waals surface area contributed by atoms with Crippen molar-refractivity contribution in [1.29, 1.82) is 0 Å². The van der Waals surface area contributed by atoms with Crippen LogP contribution in [-0.4, -0.2) is 12.5 Å². The minimum Gasteiger partial charge on any atom is -0.456 e. The molecule has 16 heavy (non-hydrogen) atoms. The molecular formula is C13H11BO2. The molecule has 1 heterocycles. The second kappa shape index (κ2) is 3.39. The van der Waals surface area contributed by atoms with Crippen LogP contribution in [0.4, 0.5) is 0 Å². The second-order valence-corrected chi connectivity index (χ2v) is 4.01. The monoisotopic (exact) mass is 210 g/mol. The van der Waals surface area contributed by atoms with E-state index in [1.807, 2.05) is 37.3 Å². The van der Waals surface area contributed by atoms with Gasteiger partial charge in [0, 0.05) is 10.8 Å². The van der Waals surface area contributed by atoms with Gasteiger partial charge in [0.1, 0.15) is 11.2 Å². The Morgan fingerprint density at radius 2 is 1.69 bits per heavy atom.